The largest absolute Gasteiger partial charge is 0.492 e. The summed E-state index contributed by atoms with van der Waals surface area (Å²) in [5.74, 6) is -2.74. The van der Waals surface area contributed by atoms with Crippen LogP contribution in [0.25, 0.3) is 11.0 Å². The maximum atomic E-state index is 13.4. The van der Waals surface area contributed by atoms with E-state index in [1.54, 1.807) is 30.3 Å². The second-order valence-electron chi connectivity index (χ2n) is 7.11. The molecule has 2 amide bonds. The fraction of sp³-hybridized carbons (Fsp3) is 0.0833. The van der Waals surface area contributed by atoms with Crippen LogP contribution in [0.5, 0.6) is 5.75 Å². The number of amides is 2. The number of methoxy groups -OCH3 is 1. The molecule has 0 fully saturated rings. The number of benzene rings is 3. The smallest absolute Gasteiger partial charge is 0.295 e. The highest BCUT2D eigenvalue weighted by Crippen LogP contribution is 2.35. The van der Waals surface area contributed by atoms with Gasteiger partial charge in [0.25, 0.3) is 11.8 Å². The van der Waals surface area contributed by atoms with E-state index in [2.05, 4.69) is 10.6 Å². The van der Waals surface area contributed by atoms with Gasteiger partial charge in [0, 0.05) is 23.0 Å². The van der Waals surface area contributed by atoms with Crippen LogP contribution in [0.3, 0.4) is 0 Å². The van der Waals surface area contributed by atoms with Gasteiger partial charge in [0.15, 0.2) is 5.75 Å². The van der Waals surface area contributed by atoms with Crippen molar-refractivity contribution in [1.82, 2.24) is 0 Å². The molecule has 0 atom stereocenters. The third kappa shape index (κ3) is 4.29. The molecular weight excluding hydrogens is 418 g/mol. The molecule has 0 saturated carbocycles. The van der Waals surface area contributed by atoms with E-state index >= 15 is 0 Å². The number of anilines is 2. The highest BCUT2D eigenvalue weighted by Gasteiger charge is 2.22. The molecule has 0 spiro atoms. The molecule has 32 heavy (non-hydrogen) atoms. The highest BCUT2D eigenvalue weighted by molar-refractivity contribution is 6.09. The van der Waals surface area contributed by atoms with E-state index in [0.717, 1.165) is 17.7 Å². The molecule has 4 rings (SSSR count). The Balaban J connectivity index is 1.61. The van der Waals surface area contributed by atoms with Crippen LogP contribution in [0.4, 0.5) is 20.2 Å². The van der Waals surface area contributed by atoms with Crippen LogP contribution in [-0.4, -0.2) is 18.9 Å². The molecule has 0 radical (unpaired) electrons. The number of rotatable bonds is 5. The van der Waals surface area contributed by atoms with Crippen LogP contribution in [0, 0.1) is 18.6 Å². The van der Waals surface area contributed by atoms with Crippen LogP contribution in [0.2, 0.25) is 0 Å². The Labute approximate surface area is 181 Å². The zero-order valence-corrected chi connectivity index (χ0v) is 17.2. The van der Waals surface area contributed by atoms with Gasteiger partial charge in [0.2, 0.25) is 5.76 Å². The second kappa shape index (κ2) is 8.50. The minimum absolute atomic E-state index is 0.0289. The van der Waals surface area contributed by atoms with Gasteiger partial charge in [-0.3, -0.25) is 9.59 Å². The van der Waals surface area contributed by atoms with E-state index < -0.39 is 23.4 Å². The van der Waals surface area contributed by atoms with Gasteiger partial charge in [-0.1, -0.05) is 17.7 Å². The summed E-state index contributed by atoms with van der Waals surface area (Å²) >= 11 is 0. The maximum Gasteiger partial charge on any atom is 0.295 e. The van der Waals surface area contributed by atoms with Crippen LogP contribution < -0.4 is 15.4 Å². The number of ether oxygens (including phenoxy) is 1. The second-order valence-corrected chi connectivity index (χ2v) is 7.11. The topological polar surface area (TPSA) is 80.6 Å². The van der Waals surface area contributed by atoms with E-state index in [1.807, 2.05) is 19.1 Å². The highest BCUT2D eigenvalue weighted by atomic mass is 19.1. The van der Waals surface area contributed by atoms with Crippen molar-refractivity contribution in [2.75, 3.05) is 17.7 Å². The lowest BCUT2D eigenvalue weighted by Crippen LogP contribution is -2.12. The fourth-order valence-electron chi connectivity index (χ4n) is 3.22. The average Bonchev–Trinajstić information content (AvgIpc) is 3.12. The van der Waals surface area contributed by atoms with Crippen LogP contribution >= 0.6 is 0 Å². The predicted octanol–water partition coefficient (Wildman–Crippen LogP) is 5.53. The van der Waals surface area contributed by atoms with Gasteiger partial charge in [-0.05, 0) is 49.4 Å². The summed E-state index contributed by atoms with van der Waals surface area (Å²) in [6, 6.07) is 14.5. The number of hydrogen-bond acceptors (Lipinski definition) is 4. The Hall–Kier alpha value is -4.20. The average molecular weight is 436 g/mol. The molecule has 2 N–H and O–H groups in total. The summed E-state index contributed by atoms with van der Waals surface area (Å²) in [4.78, 5) is 25.1. The Morgan fingerprint density at radius 3 is 2.12 bits per heavy atom. The number of furan rings is 1. The third-order valence-electron chi connectivity index (χ3n) is 4.74. The predicted molar refractivity (Wildman–Crippen MR) is 116 cm³/mol. The van der Waals surface area contributed by atoms with Gasteiger partial charge in [0.05, 0.1) is 12.5 Å². The molecule has 4 aromatic rings. The van der Waals surface area contributed by atoms with Crippen molar-refractivity contribution in [3.05, 3.63) is 89.2 Å². The molecular formula is C24H18F2N2O4. The lowest BCUT2D eigenvalue weighted by Gasteiger charge is -2.06. The molecule has 0 unspecified atom stereocenters. The number of nitrogens with one attached hydrogen (secondary N) is 2. The number of hydrogen-bond donors (Lipinski definition) is 2. The Bertz CT molecular complexity index is 1310. The first-order valence-electron chi connectivity index (χ1n) is 9.60. The molecule has 1 heterocycles. The molecule has 0 bridgehead atoms. The van der Waals surface area contributed by atoms with E-state index in [0.29, 0.717) is 28.4 Å². The number of fused-ring (bicyclic) bond motifs is 1. The molecule has 0 aliphatic heterocycles. The van der Waals surface area contributed by atoms with Crippen molar-refractivity contribution in [2.45, 2.75) is 6.92 Å². The summed E-state index contributed by atoms with van der Waals surface area (Å²) in [6.45, 7) is 1.94. The Morgan fingerprint density at radius 2 is 1.47 bits per heavy atom. The summed E-state index contributed by atoms with van der Waals surface area (Å²) in [6.07, 6.45) is 0. The quantitative estimate of drug-likeness (QED) is 0.431. The molecule has 3 aromatic carbocycles. The molecule has 0 saturated heterocycles. The van der Waals surface area contributed by atoms with Crippen molar-refractivity contribution in [2.24, 2.45) is 0 Å². The lowest BCUT2D eigenvalue weighted by molar-refractivity contribution is 0.0992. The first kappa shape index (κ1) is 21.0. The zero-order valence-electron chi connectivity index (χ0n) is 17.2. The van der Waals surface area contributed by atoms with Crippen LogP contribution in [0.1, 0.15) is 26.5 Å². The number of carbonyl (C=O) groups is 2. The van der Waals surface area contributed by atoms with Crippen molar-refractivity contribution in [3.8, 4) is 5.75 Å². The van der Waals surface area contributed by atoms with Crippen LogP contribution in [-0.2, 0) is 0 Å². The summed E-state index contributed by atoms with van der Waals surface area (Å²) in [5.41, 5.74) is 2.18. The minimum Gasteiger partial charge on any atom is -0.492 e. The van der Waals surface area contributed by atoms with Gasteiger partial charge >= 0.3 is 0 Å². The summed E-state index contributed by atoms with van der Waals surface area (Å²) in [5, 5.41) is 5.77. The first-order valence-corrected chi connectivity index (χ1v) is 9.60. The molecule has 0 aliphatic carbocycles. The SMILES string of the molecule is COc1c(C(=O)Nc2ccc(C)cc2)oc2ccc(NC(=O)c3cc(F)cc(F)c3)cc12. The van der Waals surface area contributed by atoms with Gasteiger partial charge in [0.1, 0.15) is 17.2 Å². The number of aryl methyl sites for hydroxylation is 1. The van der Waals surface area contributed by atoms with Crippen molar-refractivity contribution < 1.29 is 27.5 Å². The number of halogens is 2. The third-order valence-corrected chi connectivity index (χ3v) is 4.74. The van der Waals surface area contributed by atoms with Gasteiger partial charge in [-0.15, -0.1) is 0 Å². The van der Waals surface area contributed by atoms with Gasteiger partial charge in [-0.25, -0.2) is 8.78 Å². The molecule has 8 heteroatoms. The molecule has 6 nitrogen and oxygen atoms in total. The normalized spacial score (nSPS) is 10.8. The van der Waals surface area contributed by atoms with Crippen LogP contribution in [0.15, 0.2) is 65.1 Å². The lowest BCUT2D eigenvalue weighted by atomic mass is 10.1. The fourth-order valence-corrected chi connectivity index (χ4v) is 3.22. The van der Waals surface area contributed by atoms with E-state index in [-0.39, 0.29) is 17.1 Å². The van der Waals surface area contributed by atoms with E-state index in [1.165, 1.54) is 7.11 Å². The van der Waals surface area contributed by atoms with Gasteiger partial charge in [-0.2, -0.15) is 0 Å². The summed E-state index contributed by atoms with van der Waals surface area (Å²) < 4.78 is 37.9. The van der Waals surface area contributed by atoms with Gasteiger partial charge < -0.3 is 19.8 Å². The molecule has 162 valence electrons. The minimum atomic E-state index is -0.855. The molecule has 1 aromatic heterocycles. The standard InChI is InChI=1S/C24H18F2N2O4/c1-13-3-5-17(6-4-13)27-24(30)22-21(31-2)19-12-18(7-8-20(19)32-22)28-23(29)14-9-15(25)11-16(26)10-14/h3-12H,1-2H3,(H,27,30)(H,28,29). The Kier molecular flexibility index (Phi) is 5.59. The zero-order chi connectivity index (χ0) is 22.8. The monoisotopic (exact) mass is 436 g/mol. The Morgan fingerprint density at radius 1 is 0.844 bits per heavy atom. The number of carbonyl (C=O) groups excluding carboxylic acids is 2. The summed E-state index contributed by atoms with van der Waals surface area (Å²) in [7, 11) is 1.40. The molecule has 0 aliphatic rings. The van der Waals surface area contributed by atoms with E-state index in [4.69, 9.17) is 9.15 Å². The van der Waals surface area contributed by atoms with Crippen molar-refractivity contribution >= 4 is 34.2 Å². The first-order chi connectivity index (χ1) is 15.3. The maximum absolute atomic E-state index is 13.4. The van der Waals surface area contributed by atoms with Crippen molar-refractivity contribution in [3.63, 3.8) is 0 Å². The van der Waals surface area contributed by atoms with Crippen molar-refractivity contribution in [1.29, 1.82) is 0 Å². The van der Waals surface area contributed by atoms with E-state index in [9.17, 15) is 18.4 Å².